The molecule has 2 aromatic heterocycles. The van der Waals surface area contributed by atoms with Gasteiger partial charge in [-0.1, -0.05) is 34.0 Å². The van der Waals surface area contributed by atoms with Gasteiger partial charge >= 0.3 is 0 Å². The summed E-state index contributed by atoms with van der Waals surface area (Å²) in [6.07, 6.45) is 5.34. The monoisotopic (exact) mass is 358 g/mol. The van der Waals surface area contributed by atoms with E-state index in [9.17, 15) is 4.79 Å². The highest BCUT2D eigenvalue weighted by atomic mass is 79.9. The van der Waals surface area contributed by atoms with Crippen molar-refractivity contribution >= 4 is 37.5 Å². The van der Waals surface area contributed by atoms with Crippen LogP contribution in [0.15, 0.2) is 38.9 Å². The van der Waals surface area contributed by atoms with Gasteiger partial charge < -0.3 is 0 Å². The summed E-state index contributed by atoms with van der Waals surface area (Å²) in [5.74, 6) is 3.16. The number of rotatable bonds is 2. The summed E-state index contributed by atoms with van der Waals surface area (Å²) in [6.45, 7) is 2.04. The maximum Gasteiger partial charge on any atom is 0.263 e. The lowest BCUT2D eigenvalue weighted by Gasteiger charge is -2.06. The number of terminal acetylenes is 1. The first-order valence-electron chi connectivity index (χ1n) is 6.30. The number of hydrogen-bond donors (Lipinski definition) is 0. The SMILES string of the molecule is C#CCn1c(C)nc2scc(-c3ccc(Br)cc3)c2c1=O. The molecule has 0 saturated carbocycles. The van der Waals surface area contributed by atoms with Crippen LogP contribution in [0.4, 0.5) is 0 Å². The molecule has 0 N–H and O–H groups in total. The fraction of sp³-hybridized carbons (Fsp3) is 0.125. The highest BCUT2D eigenvalue weighted by molar-refractivity contribution is 9.10. The van der Waals surface area contributed by atoms with Crippen LogP contribution in [0.2, 0.25) is 0 Å². The summed E-state index contributed by atoms with van der Waals surface area (Å²) >= 11 is 4.90. The first kappa shape index (κ1) is 14.1. The van der Waals surface area contributed by atoms with Crippen LogP contribution >= 0.6 is 27.3 Å². The van der Waals surface area contributed by atoms with Gasteiger partial charge in [-0.15, -0.1) is 17.8 Å². The van der Waals surface area contributed by atoms with Crippen molar-refractivity contribution in [1.29, 1.82) is 0 Å². The lowest BCUT2D eigenvalue weighted by atomic mass is 10.1. The molecular weight excluding hydrogens is 348 g/mol. The van der Waals surface area contributed by atoms with Gasteiger partial charge in [0, 0.05) is 15.4 Å². The van der Waals surface area contributed by atoms with E-state index in [1.807, 2.05) is 29.6 Å². The summed E-state index contributed by atoms with van der Waals surface area (Å²) in [7, 11) is 0. The second-order valence-corrected chi connectivity index (χ2v) is 6.36. The van der Waals surface area contributed by atoms with E-state index < -0.39 is 0 Å². The van der Waals surface area contributed by atoms with Crippen molar-refractivity contribution in [2.45, 2.75) is 13.5 Å². The third kappa shape index (κ3) is 2.41. The number of halogens is 1. The zero-order valence-corrected chi connectivity index (χ0v) is 13.7. The van der Waals surface area contributed by atoms with E-state index in [4.69, 9.17) is 6.42 Å². The normalized spacial score (nSPS) is 10.7. The molecule has 0 amide bonds. The second kappa shape index (κ2) is 5.47. The molecular formula is C16H11BrN2OS. The molecule has 0 fully saturated rings. The Balaban J connectivity index is 2.31. The van der Waals surface area contributed by atoms with E-state index >= 15 is 0 Å². The van der Waals surface area contributed by atoms with Gasteiger partial charge in [-0.3, -0.25) is 9.36 Å². The minimum atomic E-state index is -0.0744. The van der Waals surface area contributed by atoms with Crippen LogP contribution in [-0.2, 0) is 6.54 Å². The van der Waals surface area contributed by atoms with Crippen LogP contribution in [-0.4, -0.2) is 9.55 Å². The summed E-state index contributed by atoms with van der Waals surface area (Å²) in [5.41, 5.74) is 1.83. The molecule has 0 atom stereocenters. The van der Waals surface area contributed by atoms with Gasteiger partial charge in [-0.2, -0.15) is 0 Å². The molecule has 3 nitrogen and oxygen atoms in total. The van der Waals surface area contributed by atoms with E-state index in [0.29, 0.717) is 11.2 Å². The number of benzene rings is 1. The highest BCUT2D eigenvalue weighted by Crippen LogP contribution is 2.31. The van der Waals surface area contributed by atoms with E-state index in [-0.39, 0.29) is 12.1 Å². The third-order valence-electron chi connectivity index (χ3n) is 3.29. The number of fused-ring (bicyclic) bond motifs is 1. The number of aromatic nitrogens is 2. The molecule has 104 valence electrons. The van der Waals surface area contributed by atoms with Gasteiger partial charge in [0.2, 0.25) is 0 Å². The van der Waals surface area contributed by atoms with Gasteiger partial charge in [0.05, 0.1) is 11.9 Å². The Labute approximate surface area is 134 Å². The van der Waals surface area contributed by atoms with Crippen molar-refractivity contribution in [3.63, 3.8) is 0 Å². The molecule has 0 aliphatic rings. The Morgan fingerprint density at radius 3 is 2.76 bits per heavy atom. The largest absolute Gasteiger partial charge is 0.284 e. The Morgan fingerprint density at radius 1 is 1.38 bits per heavy atom. The number of nitrogens with zero attached hydrogens (tertiary/aromatic N) is 2. The number of hydrogen-bond acceptors (Lipinski definition) is 3. The molecule has 0 radical (unpaired) electrons. The van der Waals surface area contributed by atoms with Crippen molar-refractivity contribution in [2.75, 3.05) is 0 Å². The van der Waals surface area contributed by atoms with Crippen molar-refractivity contribution in [3.8, 4) is 23.5 Å². The first-order valence-corrected chi connectivity index (χ1v) is 7.97. The van der Waals surface area contributed by atoms with Crippen molar-refractivity contribution in [2.24, 2.45) is 0 Å². The third-order valence-corrected chi connectivity index (χ3v) is 4.69. The summed E-state index contributed by atoms with van der Waals surface area (Å²) in [5, 5.41) is 2.62. The standard InChI is InChI=1S/C16H11BrN2OS/c1-3-8-19-10(2)18-15-14(16(19)20)13(9-21-15)11-4-6-12(17)7-5-11/h1,4-7,9H,8H2,2H3. The van der Waals surface area contributed by atoms with Gasteiger partial charge in [0.25, 0.3) is 5.56 Å². The fourth-order valence-corrected chi connectivity index (χ4v) is 3.49. The average Bonchev–Trinajstić information content (AvgIpc) is 2.88. The lowest BCUT2D eigenvalue weighted by molar-refractivity contribution is 0.743. The molecule has 5 heteroatoms. The van der Waals surface area contributed by atoms with E-state index in [2.05, 4.69) is 26.8 Å². The molecule has 2 heterocycles. The predicted molar refractivity (Wildman–Crippen MR) is 90.6 cm³/mol. The molecule has 3 rings (SSSR count). The quantitative estimate of drug-likeness (QED) is 0.652. The van der Waals surface area contributed by atoms with Crippen LogP contribution in [0.1, 0.15) is 5.82 Å². The summed E-state index contributed by atoms with van der Waals surface area (Å²) in [6, 6.07) is 7.88. The van der Waals surface area contributed by atoms with Gasteiger partial charge in [0.1, 0.15) is 10.7 Å². The van der Waals surface area contributed by atoms with Gasteiger partial charge in [-0.25, -0.2) is 4.98 Å². The smallest absolute Gasteiger partial charge is 0.263 e. The number of thiophene rings is 1. The summed E-state index contributed by atoms with van der Waals surface area (Å²) in [4.78, 5) is 17.9. The number of aryl methyl sites for hydroxylation is 1. The predicted octanol–water partition coefficient (Wildman–Crippen LogP) is 3.83. The van der Waals surface area contributed by atoms with Gasteiger partial charge in [0.15, 0.2) is 0 Å². The molecule has 0 bridgehead atoms. The molecule has 0 aliphatic carbocycles. The van der Waals surface area contributed by atoms with Crippen molar-refractivity contribution in [1.82, 2.24) is 9.55 Å². The van der Waals surface area contributed by atoms with E-state index in [0.717, 1.165) is 20.4 Å². The minimum Gasteiger partial charge on any atom is -0.284 e. The topological polar surface area (TPSA) is 34.9 Å². The summed E-state index contributed by atoms with van der Waals surface area (Å²) < 4.78 is 2.54. The van der Waals surface area contributed by atoms with Crippen LogP contribution in [0.5, 0.6) is 0 Å². The fourth-order valence-electron chi connectivity index (χ4n) is 2.25. The zero-order valence-electron chi connectivity index (χ0n) is 11.3. The molecule has 3 aromatic rings. The first-order chi connectivity index (χ1) is 10.1. The maximum absolute atomic E-state index is 12.7. The van der Waals surface area contributed by atoms with E-state index in [1.54, 1.807) is 6.92 Å². The minimum absolute atomic E-state index is 0.0744. The molecule has 1 aromatic carbocycles. The van der Waals surface area contributed by atoms with Crippen LogP contribution in [0, 0.1) is 19.3 Å². The molecule has 21 heavy (non-hydrogen) atoms. The zero-order chi connectivity index (χ0) is 15.0. The van der Waals surface area contributed by atoms with Crippen LogP contribution in [0.25, 0.3) is 21.3 Å². The second-order valence-electron chi connectivity index (χ2n) is 4.59. The lowest BCUT2D eigenvalue weighted by Crippen LogP contribution is -2.23. The molecule has 0 unspecified atom stereocenters. The highest BCUT2D eigenvalue weighted by Gasteiger charge is 2.14. The van der Waals surface area contributed by atoms with Crippen molar-refractivity contribution < 1.29 is 0 Å². The van der Waals surface area contributed by atoms with Crippen LogP contribution in [0.3, 0.4) is 0 Å². The maximum atomic E-state index is 12.7. The Morgan fingerprint density at radius 2 is 2.10 bits per heavy atom. The van der Waals surface area contributed by atoms with E-state index in [1.165, 1.54) is 15.9 Å². The Bertz CT molecular complexity index is 916. The van der Waals surface area contributed by atoms with Crippen molar-refractivity contribution in [3.05, 3.63) is 50.3 Å². The molecule has 0 spiro atoms. The Kier molecular flexibility index (Phi) is 3.66. The average molecular weight is 359 g/mol. The molecule has 0 saturated heterocycles. The van der Waals surface area contributed by atoms with Gasteiger partial charge in [-0.05, 0) is 24.6 Å². The Hall–Kier alpha value is -1.90. The van der Waals surface area contributed by atoms with Crippen LogP contribution < -0.4 is 5.56 Å². The molecule has 0 aliphatic heterocycles.